The molecule has 0 N–H and O–H groups in total. The van der Waals surface area contributed by atoms with Gasteiger partial charge in [-0.25, -0.2) is 0 Å². The zero-order chi connectivity index (χ0) is 19.7. The number of nitrogens with zero attached hydrogens (tertiary/aromatic N) is 3. The van der Waals surface area contributed by atoms with Gasteiger partial charge in [0.05, 0.1) is 5.52 Å². The average Bonchev–Trinajstić information content (AvgIpc) is 2.61. The van der Waals surface area contributed by atoms with Crippen LogP contribution in [0.4, 0.5) is 11.4 Å². The summed E-state index contributed by atoms with van der Waals surface area (Å²) in [5.41, 5.74) is 2.95. The van der Waals surface area contributed by atoms with Crippen LogP contribution in [-0.4, -0.2) is 25.2 Å². The Kier molecular flexibility index (Phi) is 5.56. The third kappa shape index (κ3) is 4.49. The summed E-state index contributed by atoms with van der Waals surface area (Å²) in [6, 6.07) is 18.2. The van der Waals surface area contributed by atoms with E-state index in [0.717, 1.165) is 22.3 Å². The predicted molar refractivity (Wildman–Crippen MR) is 116 cm³/mol. The molecule has 0 aliphatic carbocycles. The van der Waals surface area contributed by atoms with Gasteiger partial charge >= 0.3 is 0 Å². The molecular weight excluding hydrogens is 374 g/mol. The number of hydrogen-bond acceptors (Lipinski definition) is 4. The Balaban J connectivity index is 1.98. The summed E-state index contributed by atoms with van der Waals surface area (Å²) >= 11 is 6.03. The summed E-state index contributed by atoms with van der Waals surface area (Å²) in [5.74, 6) is 0. The number of hydrogen-bond donors (Lipinski definition) is 0. The lowest BCUT2D eigenvalue weighted by Crippen LogP contribution is -2.43. The summed E-state index contributed by atoms with van der Waals surface area (Å²) < 4.78 is 6.51. The second-order valence-electron chi connectivity index (χ2n) is 8.21. The first-order valence-electron chi connectivity index (χ1n) is 9.07. The molecule has 0 bridgehead atoms. The lowest BCUT2D eigenvalue weighted by molar-refractivity contribution is 0.296. The first kappa shape index (κ1) is 19.8. The first-order valence-corrected chi connectivity index (χ1v) is 12.4. The normalized spacial score (nSPS) is 12.4. The molecule has 0 amide bonds. The minimum atomic E-state index is -1.88. The Hall–Kier alpha value is -1.95. The molecular formula is C21H26ClN3OSi. The third-order valence-electron chi connectivity index (χ3n) is 5.28. The van der Waals surface area contributed by atoms with Crippen LogP contribution in [0.15, 0.2) is 54.6 Å². The highest BCUT2D eigenvalue weighted by Gasteiger charge is 2.37. The number of fused-ring (bicyclic) bond motifs is 1. The zero-order valence-electron chi connectivity index (χ0n) is 16.5. The van der Waals surface area contributed by atoms with E-state index < -0.39 is 8.32 Å². The van der Waals surface area contributed by atoms with Crippen LogP contribution < -0.4 is 4.90 Å². The molecule has 142 valence electrons. The quantitative estimate of drug-likeness (QED) is 0.367. The Morgan fingerprint density at radius 3 is 2.33 bits per heavy atom. The van der Waals surface area contributed by atoms with Gasteiger partial charge in [0.25, 0.3) is 0 Å². The van der Waals surface area contributed by atoms with E-state index in [1.165, 1.54) is 0 Å². The Labute approximate surface area is 167 Å². The van der Waals surface area contributed by atoms with Crippen LogP contribution in [0.2, 0.25) is 23.3 Å². The van der Waals surface area contributed by atoms with Gasteiger partial charge in [0, 0.05) is 16.8 Å². The smallest absolute Gasteiger partial charge is 0.194 e. The fourth-order valence-electron chi connectivity index (χ4n) is 2.52. The fourth-order valence-corrected chi connectivity index (χ4v) is 3.56. The molecule has 0 atom stereocenters. The molecule has 0 aliphatic heterocycles. The maximum atomic E-state index is 6.51. The fraction of sp³-hybridized carbons (Fsp3) is 0.333. The highest BCUT2D eigenvalue weighted by atomic mass is 35.5. The molecule has 3 rings (SSSR count). The van der Waals surface area contributed by atoms with Gasteiger partial charge in [0.1, 0.15) is 6.73 Å². The topological polar surface area (TPSA) is 38.2 Å². The van der Waals surface area contributed by atoms with Crippen molar-refractivity contribution in [3.05, 3.63) is 59.8 Å². The van der Waals surface area contributed by atoms with Gasteiger partial charge in [-0.15, -0.1) is 10.2 Å². The molecule has 27 heavy (non-hydrogen) atoms. The second-order valence-corrected chi connectivity index (χ2v) is 13.4. The maximum Gasteiger partial charge on any atom is 0.194 e. The van der Waals surface area contributed by atoms with E-state index in [9.17, 15) is 0 Å². The van der Waals surface area contributed by atoms with Gasteiger partial charge in [0.15, 0.2) is 13.5 Å². The molecule has 1 aromatic heterocycles. The standard InChI is InChI=1S/C21H26ClN3OSi/c1-21(2,3)27(4,5)26-15-25(17-9-7-6-8-10-17)18-11-12-19-16(13-18)14-20(22)24-23-19/h6-14H,15H2,1-5H3. The number of para-hydroxylation sites is 1. The molecule has 1 heterocycles. The monoisotopic (exact) mass is 399 g/mol. The molecule has 0 spiro atoms. The van der Waals surface area contributed by atoms with Crippen molar-refractivity contribution in [2.75, 3.05) is 11.6 Å². The summed E-state index contributed by atoms with van der Waals surface area (Å²) in [6.45, 7) is 11.8. The number of rotatable bonds is 5. The van der Waals surface area contributed by atoms with Crippen molar-refractivity contribution in [3.63, 3.8) is 0 Å². The average molecular weight is 400 g/mol. The van der Waals surface area contributed by atoms with Crippen molar-refractivity contribution in [1.29, 1.82) is 0 Å². The van der Waals surface area contributed by atoms with Crippen LogP contribution in [0.5, 0.6) is 0 Å². The van der Waals surface area contributed by atoms with Gasteiger partial charge in [-0.3, -0.25) is 0 Å². The number of halogens is 1. The highest BCUT2D eigenvalue weighted by Crippen LogP contribution is 2.37. The Morgan fingerprint density at radius 1 is 0.963 bits per heavy atom. The van der Waals surface area contributed by atoms with E-state index in [1.54, 1.807) is 0 Å². The van der Waals surface area contributed by atoms with Gasteiger partial charge in [-0.2, -0.15) is 0 Å². The highest BCUT2D eigenvalue weighted by molar-refractivity contribution is 6.74. The van der Waals surface area contributed by atoms with Crippen molar-refractivity contribution in [2.45, 2.75) is 38.9 Å². The van der Waals surface area contributed by atoms with Crippen molar-refractivity contribution < 1.29 is 4.43 Å². The summed E-state index contributed by atoms with van der Waals surface area (Å²) in [7, 11) is -1.88. The summed E-state index contributed by atoms with van der Waals surface area (Å²) in [6.07, 6.45) is 0. The molecule has 0 aliphatic rings. The SMILES string of the molecule is CC(C)(C)[Si](C)(C)OCN(c1ccccc1)c1ccc2nnc(Cl)cc2c1. The number of anilines is 2. The minimum absolute atomic E-state index is 0.155. The van der Waals surface area contributed by atoms with E-state index in [2.05, 4.69) is 67.2 Å². The maximum absolute atomic E-state index is 6.51. The molecule has 3 aromatic rings. The Morgan fingerprint density at radius 2 is 1.67 bits per heavy atom. The molecule has 0 fully saturated rings. The third-order valence-corrected chi connectivity index (χ3v) is 9.93. The molecule has 0 saturated heterocycles. The van der Waals surface area contributed by atoms with Gasteiger partial charge in [-0.1, -0.05) is 50.6 Å². The van der Waals surface area contributed by atoms with Crippen molar-refractivity contribution in [2.24, 2.45) is 0 Å². The van der Waals surface area contributed by atoms with Crippen molar-refractivity contribution >= 4 is 42.2 Å². The van der Waals surface area contributed by atoms with Crippen LogP contribution in [0.3, 0.4) is 0 Å². The lowest BCUT2D eigenvalue weighted by atomic mass is 10.2. The summed E-state index contributed by atoms with van der Waals surface area (Å²) in [5, 5.41) is 9.57. The minimum Gasteiger partial charge on any atom is -0.399 e. The van der Waals surface area contributed by atoms with E-state index in [-0.39, 0.29) is 5.04 Å². The summed E-state index contributed by atoms with van der Waals surface area (Å²) in [4.78, 5) is 2.19. The van der Waals surface area contributed by atoms with Crippen LogP contribution in [0, 0.1) is 0 Å². The van der Waals surface area contributed by atoms with Crippen LogP contribution >= 0.6 is 11.6 Å². The van der Waals surface area contributed by atoms with E-state index in [0.29, 0.717) is 11.9 Å². The van der Waals surface area contributed by atoms with Crippen molar-refractivity contribution in [1.82, 2.24) is 10.2 Å². The molecule has 0 saturated carbocycles. The number of aromatic nitrogens is 2. The molecule has 4 nitrogen and oxygen atoms in total. The van der Waals surface area contributed by atoms with E-state index in [1.807, 2.05) is 36.4 Å². The number of benzene rings is 2. The van der Waals surface area contributed by atoms with Crippen molar-refractivity contribution in [3.8, 4) is 0 Å². The molecule has 6 heteroatoms. The molecule has 0 unspecified atom stereocenters. The van der Waals surface area contributed by atoms with Crippen LogP contribution in [-0.2, 0) is 4.43 Å². The Bertz CT molecular complexity index is 926. The zero-order valence-corrected chi connectivity index (χ0v) is 18.3. The van der Waals surface area contributed by atoms with E-state index in [4.69, 9.17) is 16.0 Å². The lowest BCUT2D eigenvalue weighted by Gasteiger charge is -2.38. The second kappa shape index (κ2) is 7.58. The molecule has 2 aromatic carbocycles. The van der Waals surface area contributed by atoms with Crippen LogP contribution in [0.25, 0.3) is 10.9 Å². The van der Waals surface area contributed by atoms with Gasteiger partial charge in [-0.05, 0) is 54.5 Å². The van der Waals surface area contributed by atoms with Crippen LogP contribution in [0.1, 0.15) is 20.8 Å². The predicted octanol–water partition coefficient (Wildman–Crippen LogP) is 6.40. The van der Waals surface area contributed by atoms with Gasteiger partial charge in [0.2, 0.25) is 0 Å². The first-order chi connectivity index (χ1) is 12.7. The van der Waals surface area contributed by atoms with E-state index >= 15 is 0 Å². The van der Waals surface area contributed by atoms with Gasteiger partial charge < -0.3 is 9.33 Å². The largest absolute Gasteiger partial charge is 0.399 e. The molecule has 0 radical (unpaired) electrons.